The van der Waals surface area contributed by atoms with E-state index in [1.54, 1.807) is 0 Å². The average molecular weight is 876 g/mol. The van der Waals surface area contributed by atoms with Crippen LogP contribution in [0.1, 0.15) is 34.7 Å². The molecule has 0 aromatic heterocycles. The van der Waals surface area contributed by atoms with E-state index in [2.05, 4.69) is 5.32 Å². The first kappa shape index (κ1) is 45.2. The summed E-state index contributed by atoms with van der Waals surface area (Å²) in [6, 6.07) is 47.4. The minimum atomic E-state index is -2.24. The van der Waals surface area contributed by atoms with Crippen LogP contribution in [0.3, 0.4) is 0 Å². The smallest absolute Gasteiger partial charge is 0.265 e. The minimum absolute atomic E-state index is 0.0623. The van der Waals surface area contributed by atoms with Crippen LogP contribution in [0.4, 0.5) is 0 Å². The Morgan fingerprint density at radius 3 is 1.50 bits per heavy atom. The summed E-state index contributed by atoms with van der Waals surface area (Å²) >= 11 is 18.6. The second kappa shape index (κ2) is 23.0. The maximum Gasteiger partial charge on any atom is 0.265 e. The molecule has 13 heteroatoms. The maximum atomic E-state index is 13.3. The standard InChI is InChI=1S/C47H49Cl3N2O8/c1-33(53)52-40-42(57-30-37-23-13-5-14-24-37)44(58-31-38-25-15-6-16-26-38)45(60-46(51)47(48,49)50)59-43(40)41(56-29-36-21-11-4-12-22-36)39(55-28-35-19-9-3-10-20-35)32-54-27-34-17-7-2-8-18-34/h2-26,39-45,51H,27-32H2,1H3,(H,52,53)/t39-,40-,41-,42-,43-,44+,45-/m1/s1. The van der Waals surface area contributed by atoms with E-state index in [4.69, 9.17) is 73.4 Å². The molecule has 1 fully saturated rings. The first-order chi connectivity index (χ1) is 29.1. The van der Waals surface area contributed by atoms with Crippen LogP contribution in [0, 0.1) is 5.41 Å². The van der Waals surface area contributed by atoms with Crippen LogP contribution in [-0.4, -0.2) is 65.1 Å². The summed E-state index contributed by atoms with van der Waals surface area (Å²) in [4.78, 5) is 13.3. The van der Waals surface area contributed by atoms with Gasteiger partial charge in [-0.1, -0.05) is 186 Å². The number of rotatable bonds is 20. The number of benzene rings is 5. The zero-order valence-corrected chi connectivity index (χ0v) is 35.4. The molecular weight excluding hydrogens is 827 g/mol. The number of alkyl halides is 3. The van der Waals surface area contributed by atoms with Crippen LogP contribution in [0.5, 0.6) is 0 Å². The van der Waals surface area contributed by atoms with Crippen molar-refractivity contribution in [3.05, 3.63) is 179 Å². The largest absolute Gasteiger partial charge is 0.445 e. The zero-order valence-electron chi connectivity index (χ0n) is 33.1. The Labute approximate surface area is 366 Å². The maximum absolute atomic E-state index is 13.3. The van der Waals surface area contributed by atoms with Crippen molar-refractivity contribution in [1.82, 2.24) is 5.32 Å². The van der Waals surface area contributed by atoms with Crippen LogP contribution >= 0.6 is 34.8 Å². The fourth-order valence-electron chi connectivity index (χ4n) is 6.79. The Bertz CT molecular complexity index is 2010. The molecule has 316 valence electrons. The number of carbonyl (C=O) groups excluding carboxylic acids is 1. The molecule has 1 amide bonds. The number of hydrogen-bond acceptors (Lipinski definition) is 9. The van der Waals surface area contributed by atoms with Gasteiger partial charge in [-0.05, 0) is 27.8 Å². The summed E-state index contributed by atoms with van der Waals surface area (Å²) in [5.74, 6) is -1.06. The van der Waals surface area contributed by atoms with Crippen LogP contribution in [0.2, 0.25) is 0 Å². The molecule has 2 N–H and O–H groups in total. The lowest BCUT2D eigenvalue weighted by Gasteiger charge is -2.49. The minimum Gasteiger partial charge on any atom is -0.445 e. The van der Waals surface area contributed by atoms with Gasteiger partial charge in [-0.25, -0.2) is 0 Å². The molecule has 7 atom stereocenters. The normalized spacial score (nSPS) is 20.2. The number of hydrogen-bond donors (Lipinski definition) is 2. The zero-order chi connectivity index (χ0) is 42.2. The Balaban J connectivity index is 1.43. The van der Waals surface area contributed by atoms with Gasteiger partial charge in [0.15, 0.2) is 0 Å². The second-order valence-corrected chi connectivity index (χ2v) is 16.5. The highest BCUT2D eigenvalue weighted by Gasteiger charge is 2.54. The molecule has 0 radical (unpaired) electrons. The predicted octanol–water partition coefficient (Wildman–Crippen LogP) is 9.14. The van der Waals surface area contributed by atoms with Crippen molar-refractivity contribution in [2.24, 2.45) is 0 Å². The molecule has 0 bridgehead atoms. The third-order valence-electron chi connectivity index (χ3n) is 9.70. The van der Waals surface area contributed by atoms with Gasteiger partial charge in [-0.3, -0.25) is 10.2 Å². The Hall–Kier alpha value is -4.33. The van der Waals surface area contributed by atoms with Gasteiger partial charge in [0.05, 0.1) is 45.7 Å². The van der Waals surface area contributed by atoms with Crippen molar-refractivity contribution in [3.63, 3.8) is 0 Å². The average Bonchev–Trinajstić information content (AvgIpc) is 3.26. The molecule has 5 aromatic carbocycles. The molecule has 6 rings (SSSR count). The van der Waals surface area contributed by atoms with Crippen molar-refractivity contribution < 1.29 is 38.0 Å². The Morgan fingerprint density at radius 1 is 0.633 bits per heavy atom. The molecule has 1 heterocycles. The van der Waals surface area contributed by atoms with Gasteiger partial charge in [0.2, 0.25) is 18.1 Å². The predicted molar refractivity (Wildman–Crippen MR) is 232 cm³/mol. The lowest BCUT2D eigenvalue weighted by Crippen LogP contribution is -2.69. The first-order valence-electron chi connectivity index (χ1n) is 19.6. The number of amides is 1. The SMILES string of the molecule is CC(=O)N[C@@H]1[C@@H](OCc2ccccc2)[C@H](OCc2ccccc2)[C@@H](OC(=N)C(Cl)(Cl)Cl)O[C@H]1[C@H](OCc1ccccc1)[C@@H](COCc1ccccc1)OCc1ccccc1. The van der Waals surface area contributed by atoms with E-state index in [0.29, 0.717) is 6.61 Å². The third-order valence-corrected chi connectivity index (χ3v) is 10.2. The number of halogens is 3. The fraction of sp³-hybridized carbons (Fsp3) is 0.319. The highest BCUT2D eigenvalue weighted by Crippen LogP contribution is 2.36. The van der Waals surface area contributed by atoms with Crippen molar-refractivity contribution in [3.8, 4) is 0 Å². The Kier molecular flexibility index (Phi) is 17.4. The highest BCUT2D eigenvalue weighted by molar-refractivity contribution is 6.76. The molecule has 60 heavy (non-hydrogen) atoms. The van der Waals surface area contributed by atoms with E-state index in [1.165, 1.54) is 6.92 Å². The van der Waals surface area contributed by atoms with Gasteiger partial charge >= 0.3 is 0 Å². The van der Waals surface area contributed by atoms with Gasteiger partial charge in [-0.15, -0.1) is 0 Å². The van der Waals surface area contributed by atoms with Crippen molar-refractivity contribution in [1.29, 1.82) is 5.41 Å². The monoisotopic (exact) mass is 874 g/mol. The molecule has 0 unspecified atom stereocenters. The number of ether oxygens (including phenoxy) is 7. The third kappa shape index (κ3) is 13.9. The molecule has 5 aromatic rings. The lowest BCUT2D eigenvalue weighted by molar-refractivity contribution is -0.301. The summed E-state index contributed by atoms with van der Waals surface area (Å²) < 4.78 is 44.1. The molecule has 10 nitrogen and oxygen atoms in total. The van der Waals surface area contributed by atoms with E-state index in [9.17, 15) is 4.79 Å². The molecule has 0 aliphatic carbocycles. The van der Waals surface area contributed by atoms with Crippen LogP contribution in [-0.2, 0) is 71.0 Å². The highest BCUT2D eigenvalue weighted by atomic mass is 35.6. The van der Waals surface area contributed by atoms with Crippen molar-refractivity contribution >= 4 is 46.6 Å². The van der Waals surface area contributed by atoms with Crippen LogP contribution in [0.25, 0.3) is 0 Å². The summed E-state index contributed by atoms with van der Waals surface area (Å²) in [6.45, 7) is 2.34. The number of carbonyl (C=O) groups is 1. The van der Waals surface area contributed by atoms with E-state index in [-0.39, 0.29) is 38.9 Å². The summed E-state index contributed by atoms with van der Waals surface area (Å²) in [5, 5.41) is 11.8. The topological polar surface area (TPSA) is 118 Å². The van der Waals surface area contributed by atoms with E-state index < -0.39 is 52.5 Å². The fourth-order valence-corrected chi connectivity index (χ4v) is 6.92. The second-order valence-electron chi connectivity index (χ2n) is 14.3. The molecule has 0 spiro atoms. The lowest BCUT2D eigenvalue weighted by atomic mass is 9.89. The summed E-state index contributed by atoms with van der Waals surface area (Å²) in [7, 11) is 0. The van der Waals surface area contributed by atoms with E-state index in [0.717, 1.165) is 27.8 Å². The Morgan fingerprint density at radius 2 is 1.05 bits per heavy atom. The summed E-state index contributed by atoms with van der Waals surface area (Å²) in [5.41, 5.74) is 4.49. The van der Waals surface area contributed by atoms with E-state index >= 15 is 0 Å². The molecule has 1 saturated heterocycles. The molecule has 1 aliphatic rings. The molecule has 1 aliphatic heterocycles. The quantitative estimate of drug-likeness (QED) is 0.0452. The van der Waals surface area contributed by atoms with Crippen LogP contribution < -0.4 is 5.32 Å². The number of nitrogens with one attached hydrogen (secondary N) is 2. The molecular formula is C47H49Cl3N2O8. The van der Waals surface area contributed by atoms with Gasteiger partial charge < -0.3 is 38.5 Å². The summed E-state index contributed by atoms with van der Waals surface area (Å²) in [6.07, 6.45) is -6.31. The van der Waals surface area contributed by atoms with Crippen LogP contribution in [0.15, 0.2) is 152 Å². The van der Waals surface area contributed by atoms with Gasteiger partial charge in [-0.2, -0.15) is 0 Å². The first-order valence-corrected chi connectivity index (χ1v) is 20.8. The van der Waals surface area contributed by atoms with Gasteiger partial charge in [0.1, 0.15) is 30.5 Å². The van der Waals surface area contributed by atoms with Gasteiger partial charge in [0, 0.05) is 6.92 Å². The van der Waals surface area contributed by atoms with Gasteiger partial charge in [0.25, 0.3) is 3.79 Å². The van der Waals surface area contributed by atoms with Crippen molar-refractivity contribution in [2.45, 2.75) is 86.6 Å². The van der Waals surface area contributed by atoms with E-state index in [1.807, 2.05) is 152 Å². The van der Waals surface area contributed by atoms with Crippen molar-refractivity contribution in [2.75, 3.05) is 6.61 Å². The molecule has 0 saturated carbocycles.